The number of phenolic OH excluding ortho intramolecular Hbond substituents is 1. The van der Waals surface area contributed by atoms with Crippen LogP contribution in [0.1, 0.15) is 11.5 Å². The molecule has 0 saturated carbocycles. The Labute approximate surface area is 118 Å². The van der Waals surface area contributed by atoms with Crippen molar-refractivity contribution in [3.8, 4) is 5.75 Å². The Bertz CT molecular complexity index is 584. The molecule has 104 valence electrons. The Balaban J connectivity index is 2.25. The number of aromatic hydroxyl groups is 1. The first-order valence-corrected chi connectivity index (χ1v) is 6.45. The fourth-order valence-electron chi connectivity index (χ4n) is 2.13. The molecule has 0 heterocycles. The molecule has 20 heavy (non-hydrogen) atoms. The van der Waals surface area contributed by atoms with Gasteiger partial charge in [0.2, 0.25) is 5.91 Å². The number of nitrogens with zero attached hydrogens (tertiary/aromatic N) is 1. The van der Waals surface area contributed by atoms with Crippen molar-refractivity contribution in [2.45, 2.75) is 5.92 Å². The number of likely N-dealkylation sites (N-methyl/N-ethyl adjacent to an activating group) is 1. The molecule has 0 fully saturated rings. The predicted octanol–water partition coefficient (Wildman–Crippen LogP) is 2.10. The molecule has 0 radical (unpaired) electrons. The lowest BCUT2D eigenvalue weighted by Crippen LogP contribution is -2.35. The van der Waals surface area contributed by atoms with Crippen LogP contribution in [-0.2, 0) is 4.79 Å². The van der Waals surface area contributed by atoms with E-state index in [9.17, 15) is 9.90 Å². The van der Waals surface area contributed by atoms with Crippen molar-refractivity contribution in [2.75, 3.05) is 18.5 Å². The normalized spacial score (nSPS) is 11.9. The SMILES string of the molecule is CN(C(=O)C(CN)c1ccccc1)c1cccc(O)c1. The molecule has 4 nitrogen and oxygen atoms in total. The molecule has 1 atom stereocenters. The number of carbonyl (C=O) groups is 1. The number of rotatable bonds is 4. The van der Waals surface area contributed by atoms with Crippen LogP contribution in [0.25, 0.3) is 0 Å². The molecule has 3 N–H and O–H groups in total. The first-order chi connectivity index (χ1) is 9.63. The van der Waals surface area contributed by atoms with E-state index >= 15 is 0 Å². The van der Waals surface area contributed by atoms with Crippen LogP contribution < -0.4 is 10.6 Å². The Hall–Kier alpha value is -2.33. The zero-order chi connectivity index (χ0) is 14.5. The van der Waals surface area contributed by atoms with Gasteiger partial charge in [0.1, 0.15) is 5.75 Å². The molecule has 1 amide bonds. The highest BCUT2D eigenvalue weighted by Gasteiger charge is 2.23. The molecule has 0 saturated heterocycles. The Morgan fingerprint density at radius 2 is 1.90 bits per heavy atom. The third kappa shape index (κ3) is 2.97. The van der Waals surface area contributed by atoms with E-state index in [4.69, 9.17) is 5.73 Å². The highest BCUT2D eigenvalue weighted by atomic mass is 16.3. The number of nitrogens with two attached hydrogens (primary N) is 1. The van der Waals surface area contributed by atoms with E-state index in [1.807, 2.05) is 30.3 Å². The summed E-state index contributed by atoms with van der Waals surface area (Å²) >= 11 is 0. The minimum absolute atomic E-state index is 0.0932. The summed E-state index contributed by atoms with van der Waals surface area (Å²) in [7, 11) is 1.68. The summed E-state index contributed by atoms with van der Waals surface area (Å²) in [5.41, 5.74) is 7.29. The van der Waals surface area contributed by atoms with Crippen LogP contribution in [0.15, 0.2) is 54.6 Å². The maximum atomic E-state index is 12.6. The Morgan fingerprint density at radius 3 is 2.50 bits per heavy atom. The molecule has 0 aromatic heterocycles. The van der Waals surface area contributed by atoms with E-state index in [0.717, 1.165) is 5.56 Å². The molecule has 4 heteroatoms. The van der Waals surface area contributed by atoms with Crippen LogP contribution in [0.2, 0.25) is 0 Å². The van der Waals surface area contributed by atoms with E-state index in [2.05, 4.69) is 0 Å². The van der Waals surface area contributed by atoms with Gasteiger partial charge in [-0.15, -0.1) is 0 Å². The second-order valence-corrected chi connectivity index (χ2v) is 4.62. The number of carbonyl (C=O) groups excluding carboxylic acids is 1. The molecule has 1 unspecified atom stereocenters. The molecule has 0 bridgehead atoms. The summed E-state index contributed by atoms with van der Waals surface area (Å²) in [5.74, 6) is -0.348. The number of benzene rings is 2. The van der Waals surface area contributed by atoms with Gasteiger partial charge in [0.25, 0.3) is 0 Å². The number of anilines is 1. The van der Waals surface area contributed by atoms with Gasteiger partial charge >= 0.3 is 0 Å². The average molecular weight is 270 g/mol. The monoisotopic (exact) mass is 270 g/mol. The lowest BCUT2D eigenvalue weighted by molar-refractivity contribution is -0.119. The zero-order valence-corrected chi connectivity index (χ0v) is 11.4. The third-order valence-corrected chi connectivity index (χ3v) is 3.28. The third-order valence-electron chi connectivity index (χ3n) is 3.28. The van der Waals surface area contributed by atoms with Gasteiger partial charge in [-0.1, -0.05) is 36.4 Å². The predicted molar refractivity (Wildman–Crippen MR) is 79.8 cm³/mol. The zero-order valence-electron chi connectivity index (χ0n) is 11.4. The molecular formula is C16H18N2O2. The molecule has 2 rings (SSSR count). The number of hydrogen-bond acceptors (Lipinski definition) is 3. The topological polar surface area (TPSA) is 66.6 Å². The molecule has 0 aliphatic carbocycles. The smallest absolute Gasteiger partial charge is 0.235 e. The summed E-state index contributed by atoms with van der Waals surface area (Å²) in [6.45, 7) is 0.242. The molecule has 0 spiro atoms. The maximum Gasteiger partial charge on any atom is 0.235 e. The first kappa shape index (κ1) is 14.1. The van der Waals surface area contributed by atoms with Crippen LogP contribution in [0.5, 0.6) is 5.75 Å². The highest BCUT2D eigenvalue weighted by molar-refractivity contribution is 5.97. The van der Waals surface area contributed by atoms with Gasteiger partial charge < -0.3 is 15.7 Å². The Kier molecular flexibility index (Phi) is 4.38. The molecular weight excluding hydrogens is 252 g/mol. The number of phenols is 1. The van der Waals surface area contributed by atoms with Crippen LogP contribution in [0.3, 0.4) is 0 Å². The summed E-state index contributed by atoms with van der Waals surface area (Å²) in [5, 5.41) is 9.49. The van der Waals surface area contributed by atoms with Gasteiger partial charge in [0.05, 0.1) is 5.92 Å². The minimum Gasteiger partial charge on any atom is -0.508 e. The van der Waals surface area contributed by atoms with Gasteiger partial charge in [-0.3, -0.25) is 4.79 Å². The summed E-state index contributed by atoms with van der Waals surface area (Å²) in [6, 6.07) is 16.1. The largest absolute Gasteiger partial charge is 0.508 e. The quantitative estimate of drug-likeness (QED) is 0.894. The van der Waals surface area contributed by atoms with Gasteiger partial charge in [0, 0.05) is 25.3 Å². The highest BCUT2D eigenvalue weighted by Crippen LogP contribution is 2.23. The standard InChI is InChI=1S/C16H18N2O2/c1-18(13-8-5-9-14(19)10-13)16(20)15(11-17)12-6-3-2-4-7-12/h2-10,15,19H,11,17H2,1H3. The van der Waals surface area contributed by atoms with Crippen molar-refractivity contribution in [3.05, 3.63) is 60.2 Å². The molecule has 2 aromatic rings. The second kappa shape index (κ2) is 6.21. The van der Waals surface area contributed by atoms with E-state index in [1.165, 1.54) is 4.90 Å². The van der Waals surface area contributed by atoms with Gasteiger partial charge in [-0.25, -0.2) is 0 Å². The second-order valence-electron chi connectivity index (χ2n) is 4.62. The van der Waals surface area contributed by atoms with E-state index in [1.54, 1.807) is 31.3 Å². The molecule has 2 aromatic carbocycles. The van der Waals surface area contributed by atoms with Crippen molar-refractivity contribution in [1.29, 1.82) is 0 Å². The van der Waals surface area contributed by atoms with Gasteiger partial charge in [-0.05, 0) is 17.7 Å². The Morgan fingerprint density at radius 1 is 1.20 bits per heavy atom. The molecule has 0 aliphatic heterocycles. The minimum atomic E-state index is -0.386. The summed E-state index contributed by atoms with van der Waals surface area (Å²) in [4.78, 5) is 14.1. The lowest BCUT2D eigenvalue weighted by Gasteiger charge is -2.23. The van der Waals surface area contributed by atoms with Crippen molar-refractivity contribution >= 4 is 11.6 Å². The van der Waals surface area contributed by atoms with Gasteiger partial charge in [0.15, 0.2) is 0 Å². The number of hydrogen-bond donors (Lipinski definition) is 2. The van der Waals surface area contributed by atoms with Crippen LogP contribution >= 0.6 is 0 Å². The first-order valence-electron chi connectivity index (χ1n) is 6.45. The van der Waals surface area contributed by atoms with Crippen molar-refractivity contribution in [3.63, 3.8) is 0 Å². The van der Waals surface area contributed by atoms with E-state index in [-0.39, 0.29) is 24.1 Å². The van der Waals surface area contributed by atoms with Crippen molar-refractivity contribution in [2.24, 2.45) is 5.73 Å². The van der Waals surface area contributed by atoms with Gasteiger partial charge in [-0.2, -0.15) is 0 Å². The molecule has 0 aliphatic rings. The number of amides is 1. The van der Waals surface area contributed by atoms with E-state index < -0.39 is 0 Å². The van der Waals surface area contributed by atoms with Crippen LogP contribution in [-0.4, -0.2) is 24.6 Å². The van der Waals surface area contributed by atoms with Crippen LogP contribution in [0, 0.1) is 0 Å². The summed E-state index contributed by atoms with van der Waals surface area (Å²) in [6.07, 6.45) is 0. The van der Waals surface area contributed by atoms with E-state index in [0.29, 0.717) is 5.69 Å². The lowest BCUT2D eigenvalue weighted by atomic mass is 9.97. The maximum absolute atomic E-state index is 12.6. The fourth-order valence-corrected chi connectivity index (χ4v) is 2.13. The average Bonchev–Trinajstić information content (AvgIpc) is 2.48. The van der Waals surface area contributed by atoms with Crippen molar-refractivity contribution in [1.82, 2.24) is 0 Å². The van der Waals surface area contributed by atoms with Crippen molar-refractivity contribution < 1.29 is 9.90 Å². The van der Waals surface area contributed by atoms with Crippen LogP contribution in [0.4, 0.5) is 5.69 Å². The fraction of sp³-hybridized carbons (Fsp3) is 0.188. The summed E-state index contributed by atoms with van der Waals surface area (Å²) < 4.78 is 0.